The van der Waals surface area contributed by atoms with Crippen LogP contribution >= 0.6 is 11.6 Å². The summed E-state index contributed by atoms with van der Waals surface area (Å²) in [4.78, 5) is 13.3. The zero-order chi connectivity index (χ0) is 16.7. The van der Waals surface area contributed by atoms with Crippen molar-refractivity contribution in [1.82, 2.24) is 0 Å². The van der Waals surface area contributed by atoms with Gasteiger partial charge in [-0.2, -0.15) is 0 Å². The largest absolute Gasteiger partial charge is 0.768 e. The number of aromatic carboxylic acids is 1. The monoisotopic (exact) mass is 346 g/mol. The van der Waals surface area contributed by atoms with Crippen LogP contribution < -0.4 is 4.90 Å². The normalized spacial score (nSPS) is 12.2. The highest BCUT2D eigenvalue weighted by Crippen LogP contribution is 2.30. The molecule has 1 aromatic carbocycles. The minimum atomic E-state index is -2.56. The van der Waals surface area contributed by atoms with E-state index in [0.29, 0.717) is 18.8 Å². The van der Waals surface area contributed by atoms with Crippen LogP contribution in [-0.2, 0) is 11.1 Å². The van der Waals surface area contributed by atoms with Crippen LogP contribution in [0.5, 0.6) is 0 Å². The molecule has 0 amide bonds. The standard InChI is InChI=1S/C15H22ClNO4S/c1-3-5-7-17(8-6-4-2)13-10-12(16)14(22(20)21)9-11(13)15(18)19/h9-10H,3-8H2,1-2H3,(H,18,19)(H,20,21)/p-1. The fraction of sp³-hybridized carbons (Fsp3) is 0.533. The number of unbranched alkanes of at least 4 members (excludes halogenated alkanes) is 2. The van der Waals surface area contributed by atoms with Gasteiger partial charge in [0.15, 0.2) is 0 Å². The van der Waals surface area contributed by atoms with Crippen molar-refractivity contribution in [3.63, 3.8) is 0 Å². The van der Waals surface area contributed by atoms with Crippen LogP contribution in [-0.4, -0.2) is 32.9 Å². The second kappa shape index (κ2) is 9.12. The summed E-state index contributed by atoms with van der Waals surface area (Å²) in [5.41, 5.74) is 0.449. The molecule has 1 N–H and O–H groups in total. The van der Waals surface area contributed by atoms with Crippen molar-refractivity contribution >= 4 is 34.3 Å². The van der Waals surface area contributed by atoms with Gasteiger partial charge in [0.05, 0.1) is 16.3 Å². The van der Waals surface area contributed by atoms with E-state index in [1.807, 2.05) is 4.90 Å². The van der Waals surface area contributed by atoms with Gasteiger partial charge in [-0.1, -0.05) is 38.3 Å². The lowest BCUT2D eigenvalue weighted by Crippen LogP contribution is -2.27. The predicted octanol–water partition coefficient (Wildman–Crippen LogP) is 3.68. The fourth-order valence-corrected chi connectivity index (χ4v) is 2.93. The number of benzene rings is 1. The lowest BCUT2D eigenvalue weighted by Gasteiger charge is -2.27. The molecule has 0 saturated carbocycles. The number of halogens is 1. The van der Waals surface area contributed by atoms with Crippen molar-refractivity contribution in [3.8, 4) is 0 Å². The van der Waals surface area contributed by atoms with Crippen LogP contribution in [0.15, 0.2) is 17.0 Å². The van der Waals surface area contributed by atoms with Gasteiger partial charge < -0.3 is 14.6 Å². The Morgan fingerprint density at radius 3 is 2.23 bits per heavy atom. The first-order valence-electron chi connectivity index (χ1n) is 7.33. The molecule has 0 aliphatic rings. The highest BCUT2D eigenvalue weighted by molar-refractivity contribution is 7.79. The van der Waals surface area contributed by atoms with Gasteiger partial charge in [-0.3, -0.25) is 4.21 Å². The first-order chi connectivity index (χ1) is 10.4. The Balaban J connectivity index is 3.30. The number of rotatable bonds is 9. The molecule has 1 aromatic rings. The Morgan fingerprint density at radius 1 is 1.27 bits per heavy atom. The summed E-state index contributed by atoms with van der Waals surface area (Å²) in [6.07, 6.45) is 3.83. The second-order valence-corrected chi connectivity index (χ2v) is 6.35. The number of carboxylic acid groups (broad SMARTS) is 1. The first kappa shape index (κ1) is 18.9. The molecule has 1 atom stereocenters. The third kappa shape index (κ3) is 4.97. The molecular formula is C15H21ClNO4S-. The Kier molecular flexibility index (Phi) is 7.85. The molecule has 0 aliphatic heterocycles. The van der Waals surface area contributed by atoms with Crippen LogP contribution in [0.4, 0.5) is 5.69 Å². The molecule has 0 fully saturated rings. The molecular weight excluding hydrogens is 326 g/mol. The molecule has 0 aromatic heterocycles. The fourth-order valence-electron chi connectivity index (χ4n) is 2.15. The van der Waals surface area contributed by atoms with Crippen LogP contribution in [0.2, 0.25) is 5.02 Å². The Hall–Kier alpha value is -1.11. The Morgan fingerprint density at radius 2 is 1.82 bits per heavy atom. The summed E-state index contributed by atoms with van der Waals surface area (Å²) in [7, 11) is 0. The van der Waals surface area contributed by atoms with E-state index in [4.69, 9.17) is 11.6 Å². The van der Waals surface area contributed by atoms with E-state index in [0.717, 1.165) is 31.7 Å². The summed E-state index contributed by atoms with van der Waals surface area (Å²) < 4.78 is 22.3. The van der Waals surface area contributed by atoms with Crippen LogP contribution in [0.1, 0.15) is 49.9 Å². The molecule has 0 aliphatic carbocycles. The Labute approximate surface area is 138 Å². The van der Waals surface area contributed by atoms with Gasteiger partial charge in [0.25, 0.3) is 0 Å². The van der Waals surface area contributed by atoms with Gasteiger partial charge in [0.1, 0.15) is 0 Å². The highest BCUT2D eigenvalue weighted by Gasteiger charge is 2.19. The molecule has 5 nitrogen and oxygen atoms in total. The minimum Gasteiger partial charge on any atom is -0.768 e. The van der Waals surface area contributed by atoms with Crippen LogP contribution in [0.25, 0.3) is 0 Å². The SMILES string of the molecule is CCCCN(CCCC)c1cc(Cl)c(S(=O)[O-])cc1C(=O)O. The van der Waals surface area contributed by atoms with Crippen molar-refractivity contribution in [2.45, 2.75) is 44.4 Å². The lowest BCUT2D eigenvalue weighted by molar-refractivity contribution is 0.0697. The number of carboxylic acids is 1. The smallest absolute Gasteiger partial charge is 0.337 e. The average Bonchev–Trinajstić information content (AvgIpc) is 2.46. The molecule has 0 heterocycles. The van der Waals surface area contributed by atoms with Gasteiger partial charge >= 0.3 is 5.97 Å². The van der Waals surface area contributed by atoms with E-state index in [1.165, 1.54) is 6.07 Å². The highest BCUT2D eigenvalue weighted by atomic mass is 35.5. The van der Waals surface area contributed by atoms with Crippen molar-refractivity contribution < 1.29 is 18.7 Å². The molecule has 0 radical (unpaired) electrons. The maximum absolute atomic E-state index is 11.5. The molecule has 1 unspecified atom stereocenters. The quantitative estimate of drug-likeness (QED) is 0.690. The average molecular weight is 347 g/mol. The molecule has 0 bridgehead atoms. The minimum absolute atomic E-state index is 0.0317. The van der Waals surface area contributed by atoms with Crippen molar-refractivity contribution in [3.05, 3.63) is 22.7 Å². The maximum Gasteiger partial charge on any atom is 0.337 e. The third-order valence-electron chi connectivity index (χ3n) is 3.36. The second-order valence-electron chi connectivity index (χ2n) is 5.03. The first-order valence-corrected chi connectivity index (χ1v) is 8.78. The van der Waals surface area contributed by atoms with Gasteiger partial charge in [-0.15, -0.1) is 0 Å². The van der Waals surface area contributed by atoms with Crippen molar-refractivity contribution in [2.24, 2.45) is 0 Å². The van der Waals surface area contributed by atoms with Gasteiger partial charge in [0.2, 0.25) is 0 Å². The van der Waals surface area contributed by atoms with Crippen LogP contribution in [0, 0.1) is 0 Å². The van der Waals surface area contributed by atoms with Gasteiger partial charge in [0, 0.05) is 18.0 Å². The zero-order valence-corrected chi connectivity index (χ0v) is 14.4. The summed E-state index contributed by atoms with van der Waals surface area (Å²) >= 11 is 3.44. The van der Waals surface area contributed by atoms with Crippen LogP contribution in [0.3, 0.4) is 0 Å². The van der Waals surface area contributed by atoms with Gasteiger partial charge in [-0.05, 0) is 36.1 Å². The van der Waals surface area contributed by atoms with E-state index in [1.54, 1.807) is 0 Å². The molecule has 7 heteroatoms. The number of nitrogens with zero attached hydrogens (tertiary/aromatic N) is 1. The number of carbonyl (C=O) groups is 1. The molecule has 22 heavy (non-hydrogen) atoms. The number of hydrogen-bond acceptors (Lipinski definition) is 4. The van der Waals surface area contributed by atoms with E-state index in [9.17, 15) is 18.7 Å². The van der Waals surface area contributed by atoms with E-state index >= 15 is 0 Å². The number of hydrogen-bond donors (Lipinski definition) is 1. The van der Waals surface area contributed by atoms with Crippen molar-refractivity contribution in [1.29, 1.82) is 0 Å². The molecule has 0 saturated heterocycles. The van der Waals surface area contributed by atoms with E-state index in [2.05, 4.69) is 13.8 Å². The predicted molar refractivity (Wildman–Crippen MR) is 87.6 cm³/mol. The molecule has 1 rings (SSSR count). The van der Waals surface area contributed by atoms with E-state index < -0.39 is 17.0 Å². The van der Waals surface area contributed by atoms with Gasteiger partial charge in [-0.25, -0.2) is 4.79 Å². The van der Waals surface area contributed by atoms with E-state index in [-0.39, 0.29) is 15.5 Å². The summed E-state index contributed by atoms with van der Waals surface area (Å²) in [5, 5.41) is 9.44. The summed E-state index contributed by atoms with van der Waals surface area (Å²) in [6, 6.07) is 2.58. The number of anilines is 1. The summed E-state index contributed by atoms with van der Waals surface area (Å²) in [5.74, 6) is -1.16. The maximum atomic E-state index is 11.5. The lowest BCUT2D eigenvalue weighted by atomic mass is 10.1. The van der Waals surface area contributed by atoms with Crippen molar-refractivity contribution in [2.75, 3.05) is 18.0 Å². The summed E-state index contributed by atoms with van der Waals surface area (Å²) in [6.45, 7) is 5.55. The zero-order valence-electron chi connectivity index (χ0n) is 12.8. The third-order valence-corrected chi connectivity index (χ3v) is 4.49. The molecule has 124 valence electrons. The Bertz CT molecular complexity index is 543. The topological polar surface area (TPSA) is 80.7 Å². The molecule has 0 spiro atoms.